The van der Waals surface area contributed by atoms with E-state index in [-0.39, 0.29) is 18.1 Å². The zero-order valence-electron chi connectivity index (χ0n) is 12.0. The van der Waals surface area contributed by atoms with E-state index < -0.39 is 11.2 Å². The fraction of sp³-hybridized carbons (Fsp3) is 0.462. The van der Waals surface area contributed by atoms with Gasteiger partial charge in [-0.1, -0.05) is 0 Å². The van der Waals surface area contributed by atoms with Crippen molar-refractivity contribution in [3.8, 4) is 0 Å². The lowest BCUT2D eigenvalue weighted by molar-refractivity contribution is -0.385. The topological polar surface area (TPSA) is 81.9 Å². The summed E-state index contributed by atoms with van der Waals surface area (Å²) in [4.78, 5) is 23.9. The Morgan fingerprint density at radius 3 is 2.45 bits per heavy atom. The van der Waals surface area contributed by atoms with Crippen molar-refractivity contribution in [2.45, 2.75) is 13.2 Å². The number of methoxy groups -OCH3 is 2. The fourth-order valence-corrected chi connectivity index (χ4v) is 1.77. The standard InChI is InChI=1S/C13H18N2O5/c1-9-7-10(5-6-11(9)15(17)18)13(16)14(2)8-12(19-3)20-4/h5-7,12H,8H2,1-4H3. The molecule has 1 amide bonds. The van der Waals surface area contributed by atoms with E-state index in [9.17, 15) is 14.9 Å². The summed E-state index contributed by atoms with van der Waals surface area (Å²) in [6.07, 6.45) is -0.511. The lowest BCUT2D eigenvalue weighted by Gasteiger charge is -2.22. The van der Waals surface area contributed by atoms with Gasteiger partial charge in [0.05, 0.1) is 11.5 Å². The molecule has 1 aromatic rings. The number of nitro groups is 1. The average molecular weight is 282 g/mol. The van der Waals surface area contributed by atoms with Crippen LogP contribution in [0.1, 0.15) is 15.9 Å². The molecule has 0 aliphatic rings. The van der Waals surface area contributed by atoms with Crippen LogP contribution in [0.5, 0.6) is 0 Å². The number of benzene rings is 1. The quantitative estimate of drug-likeness (QED) is 0.449. The largest absolute Gasteiger partial charge is 0.354 e. The fourth-order valence-electron chi connectivity index (χ4n) is 1.77. The van der Waals surface area contributed by atoms with Gasteiger partial charge in [-0.2, -0.15) is 0 Å². The molecule has 0 fully saturated rings. The number of hydrogen-bond acceptors (Lipinski definition) is 5. The number of nitrogens with zero attached hydrogens (tertiary/aromatic N) is 2. The second-order valence-electron chi connectivity index (χ2n) is 4.35. The van der Waals surface area contributed by atoms with E-state index in [0.29, 0.717) is 11.1 Å². The van der Waals surface area contributed by atoms with E-state index in [1.807, 2.05) is 0 Å². The van der Waals surface area contributed by atoms with Crippen molar-refractivity contribution in [2.75, 3.05) is 27.8 Å². The minimum atomic E-state index is -0.511. The van der Waals surface area contributed by atoms with Crippen molar-refractivity contribution in [3.63, 3.8) is 0 Å². The first-order valence-electron chi connectivity index (χ1n) is 5.96. The van der Waals surface area contributed by atoms with Gasteiger partial charge in [0.15, 0.2) is 6.29 Å². The van der Waals surface area contributed by atoms with E-state index in [2.05, 4.69) is 0 Å². The predicted molar refractivity (Wildman–Crippen MR) is 72.6 cm³/mol. The van der Waals surface area contributed by atoms with E-state index in [0.717, 1.165) is 0 Å². The highest BCUT2D eigenvalue weighted by molar-refractivity contribution is 5.94. The van der Waals surface area contributed by atoms with Gasteiger partial charge in [-0.05, 0) is 19.1 Å². The molecule has 0 bridgehead atoms. The van der Waals surface area contributed by atoms with E-state index in [1.165, 1.54) is 37.3 Å². The van der Waals surface area contributed by atoms with Gasteiger partial charge < -0.3 is 14.4 Å². The summed E-state index contributed by atoms with van der Waals surface area (Å²) in [6, 6.07) is 4.28. The van der Waals surface area contributed by atoms with Crippen LogP contribution in [0.25, 0.3) is 0 Å². The van der Waals surface area contributed by atoms with Crippen molar-refractivity contribution in [2.24, 2.45) is 0 Å². The highest BCUT2D eigenvalue weighted by Crippen LogP contribution is 2.19. The molecule has 0 heterocycles. The molecule has 0 aliphatic carbocycles. The maximum absolute atomic E-state index is 12.2. The molecular formula is C13H18N2O5. The number of likely N-dealkylation sites (N-methyl/N-ethyl adjacent to an activating group) is 1. The summed E-state index contributed by atoms with van der Waals surface area (Å²) in [5.74, 6) is -0.248. The van der Waals surface area contributed by atoms with Gasteiger partial charge in [0, 0.05) is 38.5 Å². The molecular weight excluding hydrogens is 264 g/mol. The number of aryl methyl sites for hydroxylation is 1. The molecule has 0 aliphatic heterocycles. The number of nitro benzene ring substituents is 1. The van der Waals surface area contributed by atoms with Crippen molar-refractivity contribution >= 4 is 11.6 Å². The summed E-state index contributed by atoms with van der Waals surface area (Å²) in [5, 5.41) is 10.7. The molecule has 0 atom stereocenters. The van der Waals surface area contributed by atoms with Crippen LogP contribution >= 0.6 is 0 Å². The Morgan fingerprint density at radius 2 is 2.00 bits per heavy atom. The van der Waals surface area contributed by atoms with Crippen molar-refractivity contribution in [1.82, 2.24) is 4.90 Å². The third-order valence-corrected chi connectivity index (χ3v) is 2.94. The lowest BCUT2D eigenvalue weighted by atomic mass is 10.1. The highest BCUT2D eigenvalue weighted by atomic mass is 16.7. The van der Waals surface area contributed by atoms with Crippen molar-refractivity contribution < 1.29 is 19.2 Å². The summed E-state index contributed by atoms with van der Waals surface area (Å²) in [5.41, 5.74) is 0.835. The monoisotopic (exact) mass is 282 g/mol. The molecule has 1 aromatic carbocycles. The second kappa shape index (κ2) is 6.97. The maximum atomic E-state index is 12.2. The summed E-state index contributed by atoms with van der Waals surface area (Å²) in [7, 11) is 4.59. The second-order valence-corrected chi connectivity index (χ2v) is 4.35. The molecule has 0 saturated carbocycles. The van der Waals surface area contributed by atoms with Gasteiger partial charge in [0.1, 0.15) is 0 Å². The Hall–Kier alpha value is -1.99. The van der Waals surface area contributed by atoms with Gasteiger partial charge in [-0.3, -0.25) is 14.9 Å². The Kier molecular flexibility index (Phi) is 5.60. The minimum absolute atomic E-state index is 0.00383. The van der Waals surface area contributed by atoms with Crippen LogP contribution in [-0.4, -0.2) is 49.8 Å². The Balaban J connectivity index is 2.87. The van der Waals surface area contributed by atoms with Crippen LogP contribution in [0.2, 0.25) is 0 Å². The molecule has 0 unspecified atom stereocenters. The Morgan fingerprint density at radius 1 is 1.40 bits per heavy atom. The maximum Gasteiger partial charge on any atom is 0.272 e. The molecule has 1 rings (SSSR count). The van der Waals surface area contributed by atoms with Crippen molar-refractivity contribution in [1.29, 1.82) is 0 Å². The van der Waals surface area contributed by atoms with E-state index >= 15 is 0 Å². The minimum Gasteiger partial charge on any atom is -0.354 e. The molecule has 0 radical (unpaired) electrons. The molecule has 110 valence electrons. The number of carbonyl (C=O) groups excluding carboxylic acids is 1. The van der Waals surface area contributed by atoms with Crippen molar-refractivity contribution in [3.05, 3.63) is 39.4 Å². The number of ether oxygens (including phenoxy) is 2. The number of carbonyl (C=O) groups is 1. The molecule has 0 saturated heterocycles. The van der Waals surface area contributed by atoms with Crippen LogP contribution < -0.4 is 0 Å². The zero-order chi connectivity index (χ0) is 15.3. The van der Waals surface area contributed by atoms with Gasteiger partial charge >= 0.3 is 0 Å². The van der Waals surface area contributed by atoms with Gasteiger partial charge in [0.25, 0.3) is 11.6 Å². The first kappa shape index (κ1) is 16.1. The molecule has 0 aromatic heterocycles. The summed E-state index contributed by atoms with van der Waals surface area (Å²) >= 11 is 0. The van der Waals surface area contributed by atoms with Crippen LogP contribution in [0.3, 0.4) is 0 Å². The van der Waals surface area contributed by atoms with E-state index in [4.69, 9.17) is 9.47 Å². The van der Waals surface area contributed by atoms with E-state index in [1.54, 1.807) is 14.0 Å². The molecule has 0 spiro atoms. The zero-order valence-corrected chi connectivity index (χ0v) is 12.0. The highest BCUT2D eigenvalue weighted by Gasteiger charge is 2.19. The predicted octanol–water partition coefficient (Wildman–Crippen LogP) is 1.59. The van der Waals surface area contributed by atoms with Gasteiger partial charge in [0.2, 0.25) is 0 Å². The average Bonchev–Trinajstić information content (AvgIpc) is 2.42. The van der Waals surface area contributed by atoms with Crippen LogP contribution in [0.15, 0.2) is 18.2 Å². The third kappa shape index (κ3) is 3.75. The normalized spacial score (nSPS) is 10.7. The number of amides is 1. The van der Waals surface area contributed by atoms with Crippen LogP contribution in [0.4, 0.5) is 5.69 Å². The number of rotatable bonds is 6. The summed E-state index contributed by atoms with van der Waals surface area (Å²) < 4.78 is 10.1. The Labute approximate surface area is 117 Å². The molecule has 7 nitrogen and oxygen atoms in total. The van der Waals surface area contributed by atoms with Gasteiger partial charge in [-0.25, -0.2) is 0 Å². The Bertz CT molecular complexity index is 500. The first-order valence-corrected chi connectivity index (χ1v) is 5.96. The number of hydrogen-bond donors (Lipinski definition) is 0. The van der Waals surface area contributed by atoms with Crippen LogP contribution in [-0.2, 0) is 9.47 Å². The molecule has 7 heteroatoms. The summed E-state index contributed by atoms with van der Waals surface area (Å²) in [6.45, 7) is 1.86. The third-order valence-electron chi connectivity index (χ3n) is 2.94. The SMILES string of the molecule is COC(CN(C)C(=O)c1ccc([N+](=O)[O-])c(C)c1)OC. The first-order chi connectivity index (χ1) is 9.40. The van der Waals surface area contributed by atoms with Crippen LogP contribution in [0, 0.1) is 17.0 Å². The molecule has 20 heavy (non-hydrogen) atoms. The lowest BCUT2D eigenvalue weighted by Crippen LogP contribution is -2.36. The smallest absolute Gasteiger partial charge is 0.272 e. The molecule has 0 N–H and O–H groups in total. The van der Waals surface area contributed by atoms with Gasteiger partial charge in [-0.15, -0.1) is 0 Å².